The molecule has 0 atom stereocenters. The van der Waals surface area contributed by atoms with Gasteiger partial charge in [0.05, 0.1) is 33.0 Å². The van der Waals surface area contributed by atoms with Crippen LogP contribution in [-0.2, 0) is 23.0 Å². The Bertz CT molecular complexity index is 104. The van der Waals surface area contributed by atoms with Crippen molar-refractivity contribution in [2.24, 2.45) is 0 Å². The van der Waals surface area contributed by atoms with Crippen LogP contribution in [0.2, 0.25) is 0 Å². The molecule has 0 aromatic heterocycles. The lowest BCUT2D eigenvalue weighted by atomic mass is 10.8. The third-order valence-corrected chi connectivity index (χ3v) is 2.46. The average Bonchev–Trinajstić information content (AvgIpc) is 2.18. The Labute approximate surface area is 86.6 Å². The lowest BCUT2D eigenvalue weighted by Crippen LogP contribution is -2.05. The van der Waals surface area contributed by atoms with Gasteiger partial charge in [0.1, 0.15) is 0 Å². The first-order chi connectivity index (χ1) is 6.85. The Hall–Kier alpha value is 0.230. The molecule has 0 radical (unpaired) electrons. The molecule has 0 bridgehead atoms. The molecule has 14 heavy (non-hydrogen) atoms. The maximum Gasteiger partial charge on any atom is 0.332 e. The summed E-state index contributed by atoms with van der Waals surface area (Å²) in [4.78, 5) is 0. The van der Waals surface area contributed by atoms with Crippen molar-refractivity contribution in [1.82, 2.24) is 0 Å². The summed E-state index contributed by atoms with van der Waals surface area (Å²) in [7, 11) is 2.00. The van der Waals surface area contributed by atoms with Gasteiger partial charge in [0, 0.05) is 14.2 Å². The highest BCUT2D eigenvalue weighted by Gasteiger charge is 2.10. The normalized spacial score (nSPS) is 11.1. The number of hydrogen-bond donors (Lipinski definition) is 0. The molecule has 0 aliphatic carbocycles. The second-order valence-electron chi connectivity index (χ2n) is 2.29. The lowest BCUT2D eigenvalue weighted by molar-refractivity contribution is 0.0944. The summed E-state index contributed by atoms with van der Waals surface area (Å²) >= 11 is 0. The summed E-state index contributed by atoms with van der Waals surface area (Å²) in [5.41, 5.74) is 0. The highest BCUT2D eigenvalue weighted by molar-refractivity contribution is 7.41. The third-order valence-electron chi connectivity index (χ3n) is 1.20. The number of hydrogen-bond acceptors (Lipinski definition) is 5. The van der Waals surface area contributed by atoms with E-state index in [1.807, 2.05) is 6.92 Å². The molecule has 0 unspecified atom stereocenters. The van der Waals surface area contributed by atoms with Gasteiger partial charge in [-0.3, -0.25) is 0 Å². The van der Waals surface area contributed by atoms with E-state index in [4.69, 9.17) is 23.0 Å². The van der Waals surface area contributed by atoms with Gasteiger partial charge in [0.25, 0.3) is 0 Å². The summed E-state index contributed by atoms with van der Waals surface area (Å²) in [6.45, 7) is 4.52. The fourth-order valence-corrected chi connectivity index (χ4v) is 1.49. The molecule has 6 heteroatoms. The Balaban J connectivity index is 3.44. The molecular weight excluding hydrogens is 207 g/mol. The molecule has 0 aliphatic rings. The monoisotopic (exact) mass is 226 g/mol. The van der Waals surface area contributed by atoms with Crippen molar-refractivity contribution in [3.8, 4) is 0 Å². The minimum Gasteiger partial charge on any atom is -0.382 e. The lowest BCUT2D eigenvalue weighted by Gasteiger charge is -2.15. The van der Waals surface area contributed by atoms with Crippen molar-refractivity contribution in [2.45, 2.75) is 6.92 Å². The van der Waals surface area contributed by atoms with E-state index in [-0.39, 0.29) is 0 Å². The minimum absolute atomic E-state index is 0.481. The van der Waals surface area contributed by atoms with Gasteiger partial charge in [0.15, 0.2) is 0 Å². The van der Waals surface area contributed by atoms with Gasteiger partial charge in [-0.25, -0.2) is 0 Å². The molecule has 0 amide bonds. The van der Waals surface area contributed by atoms with Crippen LogP contribution in [0.15, 0.2) is 0 Å². The van der Waals surface area contributed by atoms with Gasteiger partial charge < -0.3 is 23.0 Å². The second-order valence-corrected chi connectivity index (χ2v) is 3.52. The molecule has 5 nitrogen and oxygen atoms in total. The van der Waals surface area contributed by atoms with Crippen LogP contribution >= 0.6 is 8.60 Å². The summed E-state index contributed by atoms with van der Waals surface area (Å²) in [5.74, 6) is 0. The van der Waals surface area contributed by atoms with Crippen LogP contribution < -0.4 is 0 Å². The molecule has 0 heterocycles. The highest BCUT2D eigenvalue weighted by atomic mass is 31.2. The maximum atomic E-state index is 5.31. The molecule has 0 fully saturated rings. The van der Waals surface area contributed by atoms with Crippen LogP contribution in [0.3, 0.4) is 0 Å². The average molecular weight is 226 g/mol. The molecule has 0 N–H and O–H groups in total. The first kappa shape index (κ1) is 14.2. The summed E-state index contributed by atoms with van der Waals surface area (Å²) in [5, 5.41) is 0. The Morgan fingerprint density at radius 1 is 0.786 bits per heavy atom. The fraction of sp³-hybridized carbons (Fsp3) is 1.00. The zero-order chi connectivity index (χ0) is 10.6. The Kier molecular flexibility index (Phi) is 11.5. The molecule has 0 aromatic rings. The largest absolute Gasteiger partial charge is 0.382 e. The van der Waals surface area contributed by atoms with Crippen LogP contribution in [0.4, 0.5) is 0 Å². The predicted octanol–water partition coefficient (Wildman–Crippen LogP) is 1.58. The summed E-state index contributed by atoms with van der Waals surface area (Å²) in [6.07, 6.45) is 0. The van der Waals surface area contributed by atoms with Crippen LogP contribution in [0, 0.1) is 0 Å². The van der Waals surface area contributed by atoms with E-state index < -0.39 is 8.60 Å². The van der Waals surface area contributed by atoms with Crippen LogP contribution in [-0.4, -0.2) is 47.3 Å². The van der Waals surface area contributed by atoms with Gasteiger partial charge in [-0.05, 0) is 6.92 Å². The van der Waals surface area contributed by atoms with Gasteiger partial charge in [-0.1, -0.05) is 0 Å². The van der Waals surface area contributed by atoms with Gasteiger partial charge in [0.2, 0.25) is 0 Å². The van der Waals surface area contributed by atoms with E-state index in [0.29, 0.717) is 33.0 Å². The second kappa shape index (κ2) is 11.3. The van der Waals surface area contributed by atoms with Crippen LogP contribution in [0.1, 0.15) is 6.92 Å². The Morgan fingerprint density at radius 3 is 1.64 bits per heavy atom. The number of rotatable bonds is 10. The molecule has 0 saturated heterocycles. The van der Waals surface area contributed by atoms with Crippen LogP contribution in [0.5, 0.6) is 0 Å². The van der Waals surface area contributed by atoms with E-state index in [9.17, 15) is 0 Å². The molecule has 0 aromatic carbocycles. The zero-order valence-electron chi connectivity index (χ0n) is 9.02. The molecule has 0 saturated carbocycles. The van der Waals surface area contributed by atoms with Crippen molar-refractivity contribution < 1.29 is 23.0 Å². The van der Waals surface area contributed by atoms with Crippen molar-refractivity contribution in [1.29, 1.82) is 0 Å². The Morgan fingerprint density at radius 2 is 1.29 bits per heavy atom. The van der Waals surface area contributed by atoms with E-state index in [1.165, 1.54) is 0 Å². The standard InChI is InChI=1S/C8H19O5P/c1-4-11-14(12-7-5-9-2)13-8-6-10-3/h4-8H2,1-3H3. The van der Waals surface area contributed by atoms with Crippen molar-refractivity contribution in [2.75, 3.05) is 47.3 Å². The smallest absolute Gasteiger partial charge is 0.332 e. The molecule has 0 spiro atoms. The third kappa shape index (κ3) is 8.81. The first-order valence-corrected chi connectivity index (χ1v) is 5.61. The molecular formula is C8H19O5P. The van der Waals surface area contributed by atoms with Crippen LogP contribution in [0.25, 0.3) is 0 Å². The van der Waals surface area contributed by atoms with E-state index in [1.54, 1.807) is 14.2 Å². The van der Waals surface area contributed by atoms with Crippen molar-refractivity contribution >= 4 is 8.60 Å². The van der Waals surface area contributed by atoms with Crippen molar-refractivity contribution in [3.05, 3.63) is 0 Å². The SMILES string of the molecule is CCOP(OCCOC)OCCOC. The molecule has 86 valence electrons. The first-order valence-electron chi connectivity index (χ1n) is 4.51. The van der Waals surface area contributed by atoms with Gasteiger partial charge in [-0.15, -0.1) is 0 Å². The van der Waals surface area contributed by atoms with Gasteiger partial charge >= 0.3 is 8.60 Å². The molecule has 0 rings (SSSR count). The number of ether oxygens (including phenoxy) is 2. The topological polar surface area (TPSA) is 46.2 Å². The molecule has 0 aliphatic heterocycles. The van der Waals surface area contributed by atoms with E-state index in [0.717, 1.165) is 0 Å². The van der Waals surface area contributed by atoms with Gasteiger partial charge in [-0.2, -0.15) is 0 Å². The minimum atomic E-state index is -1.24. The summed E-state index contributed by atoms with van der Waals surface area (Å²) in [6, 6.07) is 0. The number of methoxy groups -OCH3 is 2. The fourth-order valence-electron chi connectivity index (χ4n) is 0.607. The highest BCUT2D eigenvalue weighted by Crippen LogP contribution is 2.38. The maximum absolute atomic E-state index is 5.31. The van der Waals surface area contributed by atoms with Crippen molar-refractivity contribution in [3.63, 3.8) is 0 Å². The van der Waals surface area contributed by atoms with E-state index >= 15 is 0 Å². The predicted molar refractivity (Wildman–Crippen MR) is 54.2 cm³/mol. The zero-order valence-corrected chi connectivity index (χ0v) is 9.92. The van der Waals surface area contributed by atoms with E-state index in [2.05, 4.69) is 0 Å². The quantitative estimate of drug-likeness (QED) is 0.418. The summed E-state index contributed by atoms with van der Waals surface area (Å²) < 4.78 is 25.6.